The van der Waals surface area contributed by atoms with E-state index in [9.17, 15) is 13.6 Å². The van der Waals surface area contributed by atoms with Crippen LogP contribution in [-0.2, 0) is 16.0 Å². The number of hydrogen-bond donors (Lipinski definition) is 1. The fraction of sp³-hybridized carbons (Fsp3) is 0.600. The summed E-state index contributed by atoms with van der Waals surface area (Å²) in [5.74, 6) is 0.755. The number of morpholine rings is 1. The molecule has 0 radical (unpaired) electrons. The van der Waals surface area contributed by atoms with E-state index in [4.69, 9.17) is 9.47 Å². The highest BCUT2D eigenvalue weighted by atomic mass is 19.3. The van der Waals surface area contributed by atoms with Gasteiger partial charge in [-0.1, -0.05) is 0 Å². The number of pyridine rings is 1. The standard InChI is InChI=1S/C15H19F2N3O3/c16-13(17)8-20-3-5-22-9-11(20)15(21)19-14-6-10-2-1-4-23-12(10)7-18-14/h6-7,11,13H,1-5,8-9H2,(H,18,19,21)/t11-/m0/s1. The molecule has 0 saturated carbocycles. The second-order valence-electron chi connectivity index (χ2n) is 5.60. The first kappa shape index (κ1) is 16.1. The molecule has 0 aliphatic carbocycles. The van der Waals surface area contributed by atoms with Crippen LogP contribution in [0.25, 0.3) is 0 Å². The Morgan fingerprint density at radius 3 is 3.17 bits per heavy atom. The van der Waals surface area contributed by atoms with Gasteiger partial charge in [-0.15, -0.1) is 0 Å². The molecular formula is C15H19F2N3O3. The Morgan fingerprint density at radius 2 is 2.35 bits per heavy atom. The minimum absolute atomic E-state index is 0.104. The molecule has 1 atom stereocenters. The Bertz CT molecular complexity index is 571. The number of nitrogens with one attached hydrogen (secondary N) is 1. The van der Waals surface area contributed by atoms with Gasteiger partial charge in [-0.05, 0) is 24.5 Å². The SMILES string of the molecule is O=C(Nc1cc2c(cn1)OCCC2)[C@@H]1COCCN1CC(F)F. The van der Waals surface area contributed by atoms with Crippen LogP contribution in [0.2, 0.25) is 0 Å². The summed E-state index contributed by atoms with van der Waals surface area (Å²) >= 11 is 0. The Hall–Kier alpha value is -1.80. The van der Waals surface area contributed by atoms with Crippen molar-refractivity contribution < 1.29 is 23.0 Å². The number of fused-ring (bicyclic) bond motifs is 1. The zero-order valence-electron chi connectivity index (χ0n) is 12.6. The predicted octanol–water partition coefficient (Wildman–Crippen LogP) is 1.31. The van der Waals surface area contributed by atoms with E-state index in [-0.39, 0.29) is 12.5 Å². The van der Waals surface area contributed by atoms with Crippen molar-refractivity contribution in [2.45, 2.75) is 25.3 Å². The van der Waals surface area contributed by atoms with Crippen LogP contribution in [0.15, 0.2) is 12.3 Å². The second kappa shape index (κ2) is 7.18. The number of halogens is 2. The van der Waals surface area contributed by atoms with Crippen LogP contribution in [-0.4, -0.2) is 61.2 Å². The van der Waals surface area contributed by atoms with Crippen molar-refractivity contribution >= 4 is 11.7 Å². The lowest BCUT2D eigenvalue weighted by molar-refractivity contribution is -0.128. The van der Waals surface area contributed by atoms with Gasteiger partial charge >= 0.3 is 0 Å². The first-order valence-corrected chi connectivity index (χ1v) is 7.66. The normalized spacial score (nSPS) is 21.6. The highest BCUT2D eigenvalue weighted by Gasteiger charge is 2.31. The summed E-state index contributed by atoms with van der Waals surface area (Å²) in [6, 6.07) is 1.04. The lowest BCUT2D eigenvalue weighted by Crippen LogP contribution is -2.53. The van der Waals surface area contributed by atoms with Gasteiger partial charge in [0.1, 0.15) is 17.6 Å². The van der Waals surface area contributed by atoms with Gasteiger partial charge in [0.25, 0.3) is 6.43 Å². The Morgan fingerprint density at radius 1 is 1.48 bits per heavy atom. The molecule has 0 spiro atoms. The number of hydrogen-bond acceptors (Lipinski definition) is 5. The summed E-state index contributed by atoms with van der Waals surface area (Å²) in [5.41, 5.74) is 0.992. The molecule has 126 valence electrons. The molecule has 6 nitrogen and oxygen atoms in total. The maximum atomic E-state index is 12.6. The number of rotatable bonds is 4. The third-order valence-electron chi connectivity index (χ3n) is 3.96. The van der Waals surface area contributed by atoms with Crippen molar-refractivity contribution in [1.29, 1.82) is 0 Å². The van der Waals surface area contributed by atoms with E-state index in [2.05, 4.69) is 10.3 Å². The maximum Gasteiger partial charge on any atom is 0.251 e. The number of ether oxygens (including phenoxy) is 2. The quantitative estimate of drug-likeness (QED) is 0.903. The van der Waals surface area contributed by atoms with Gasteiger partial charge < -0.3 is 14.8 Å². The van der Waals surface area contributed by atoms with Gasteiger partial charge in [-0.25, -0.2) is 13.8 Å². The van der Waals surface area contributed by atoms with Crippen molar-refractivity contribution in [3.8, 4) is 5.75 Å². The van der Waals surface area contributed by atoms with Crippen molar-refractivity contribution in [2.75, 3.05) is 38.2 Å². The van der Waals surface area contributed by atoms with Crippen molar-refractivity contribution in [3.05, 3.63) is 17.8 Å². The smallest absolute Gasteiger partial charge is 0.251 e. The summed E-state index contributed by atoms with van der Waals surface area (Å²) in [6.45, 7) is 1.00. The number of anilines is 1. The van der Waals surface area contributed by atoms with E-state index in [1.165, 1.54) is 4.90 Å². The first-order valence-electron chi connectivity index (χ1n) is 7.66. The maximum absolute atomic E-state index is 12.6. The minimum Gasteiger partial charge on any atom is -0.492 e. The summed E-state index contributed by atoms with van der Waals surface area (Å²) in [7, 11) is 0. The fourth-order valence-corrected chi connectivity index (χ4v) is 2.81. The van der Waals surface area contributed by atoms with Gasteiger partial charge in [0.2, 0.25) is 5.91 Å². The lowest BCUT2D eigenvalue weighted by atomic mass is 10.1. The molecule has 3 rings (SSSR count). The highest BCUT2D eigenvalue weighted by Crippen LogP contribution is 2.25. The van der Waals surface area contributed by atoms with Gasteiger partial charge in [0.15, 0.2) is 0 Å². The van der Waals surface area contributed by atoms with Crippen LogP contribution < -0.4 is 10.1 Å². The van der Waals surface area contributed by atoms with E-state index < -0.39 is 19.0 Å². The zero-order valence-corrected chi connectivity index (χ0v) is 12.6. The predicted molar refractivity (Wildman–Crippen MR) is 78.9 cm³/mol. The van der Waals surface area contributed by atoms with Gasteiger partial charge in [-0.3, -0.25) is 9.69 Å². The van der Waals surface area contributed by atoms with Crippen LogP contribution in [0, 0.1) is 0 Å². The summed E-state index contributed by atoms with van der Waals surface area (Å²) in [6.07, 6.45) is 0.883. The molecule has 1 N–H and O–H groups in total. The van der Waals surface area contributed by atoms with Gasteiger partial charge in [0.05, 0.1) is 32.6 Å². The average molecular weight is 327 g/mol. The Balaban J connectivity index is 1.67. The summed E-state index contributed by atoms with van der Waals surface area (Å²) < 4.78 is 36.0. The third kappa shape index (κ3) is 3.94. The minimum atomic E-state index is -2.48. The monoisotopic (exact) mass is 327 g/mol. The van der Waals surface area contributed by atoms with Crippen LogP contribution in [0.4, 0.5) is 14.6 Å². The van der Waals surface area contributed by atoms with E-state index in [0.29, 0.717) is 25.6 Å². The number of carbonyl (C=O) groups is 1. The van der Waals surface area contributed by atoms with E-state index in [1.807, 2.05) is 0 Å². The molecule has 1 fully saturated rings. The molecule has 0 bridgehead atoms. The molecule has 8 heteroatoms. The Kier molecular flexibility index (Phi) is 5.02. The first-order chi connectivity index (χ1) is 11.1. The molecule has 1 amide bonds. The number of amides is 1. The van der Waals surface area contributed by atoms with Crippen LogP contribution in [0.3, 0.4) is 0 Å². The average Bonchev–Trinajstić information content (AvgIpc) is 2.54. The number of alkyl halides is 2. The van der Waals surface area contributed by atoms with Crippen molar-refractivity contribution in [2.24, 2.45) is 0 Å². The number of aromatic nitrogens is 1. The third-order valence-corrected chi connectivity index (χ3v) is 3.96. The number of carbonyl (C=O) groups excluding carboxylic acids is 1. The molecular weight excluding hydrogens is 308 g/mol. The molecule has 1 aromatic heterocycles. The zero-order chi connectivity index (χ0) is 16.2. The highest BCUT2D eigenvalue weighted by molar-refractivity contribution is 5.94. The molecule has 3 heterocycles. The Labute approximate surface area is 132 Å². The van der Waals surface area contributed by atoms with Crippen LogP contribution in [0.1, 0.15) is 12.0 Å². The number of nitrogens with zero attached hydrogens (tertiary/aromatic N) is 2. The van der Waals surface area contributed by atoms with Crippen molar-refractivity contribution in [3.63, 3.8) is 0 Å². The van der Waals surface area contributed by atoms with Gasteiger partial charge in [0, 0.05) is 6.54 Å². The summed E-state index contributed by atoms with van der Waals surface area (Å²) in [5, 5.41) is 2.69. The van der Waals surface area contributed by atoms with E-state index in [1.54, 1.807) is 12.3 Å². The molecule has 1 aromatic rings. The molecule has 0 aromatic carbocycles. The molecule has 1 saturated heterocycles. The number of aryl methyl sites for hydroxylation is 1. The largest absolute Gasteiger partial charge is 0.492 e. The molecule has 2 aliphatic heterocycles. The summed E-state index contributed by atoms with van der Waals surface area (Å²) in [4.78, 5) is 18.0. The molecule has 23 heavy (non-hydrogen) atoms. The van der Waals surface area contributed by atoms with Crippen LogP contribution in [0.5, 0.6) is 5.75 Å². The fourth-order valence-electron chi connectivity index (χ4n) is 2.81. The molecule has 0 unspecified atom stereocenters. The second-order valence-corrected chi connectivity index (χ2v) is 5.60. The van der Waals surface area contributed by atoms with Crippen molar-refractivity contribution in [1.82, 2.24) is 9.88 Å². The molecule has 2 aliphatic rings. The van der Waals surface area contributed by atoms with Crippen LogP contribution >= 0.6 is 0 Å². The van der Waals surface area contributed by atoms with E-state index >= 15 is 0 Å². The topological polar surface area (TPSA) is 63.7 Å². The lowest BCUT2D eigenvalue weighted by Gasteiger charge is -2.34. The van der Waals surface area contributed by atoms with E-state index in [0.717, 1.165) is 24.2 Å². The van der Waals surface area contributed by atoms with Gasteiger partial charge in [-0.2, -0.15) is 0 Å².